The molecule has 0 radical (unpaired) electrons. The number of hydrogen-bond donors (Lipinski definition) is 1. The van der Waals surface area contributed by atoms with Crippen LogP contribution >= 0.6 is 0 Å². The van der Waals surface area contributed by atoms with Crippen molar-refractivity contribution in [2.45, 2.75) is 96.8 Å². The summed E-state index contributed by atoms with van der Waals surface area (Å²) >= 11 is 0. The van der Waals surface area contributed by atoms with Gasteiger partial charge >= 0.3 is 0 Å². The van der Waals surface area contributed by atoms with Gasteiger partial charge in [0.05, 0.1) is 17.9 Å². The van der Waals surface area contributed by atoms with Crippen molar-refractivity contribution in [2.24, 2.45) is 0 Å². The average molecular weight is 529 g/mol. The number of imidazole rings is 1. The van der Waals surface area contributed by atoms with Gasteiger partial charge in [0.1, 0.15) is 17.1 Å². The van der Waals surface area contributed by atoms with E-state index in [0.717, 1.165) is 66.9 Å². The Bertz CT molecular complexity index is 1160. The summed E-state index contributed by atoms with van der Waals surface area (Å²) in [5.41, 5.74) is 2.75. The lowest BCUT2D eigenvalue weighted by Gasteiger charge is -2.36. The van der Waals surface area contributed by atoms with Gasteiger partial charge in [-0.25, -0.2) is 9.67 Å². The van der Waals surface area contributed by atoms with Crippen LogP contribution in [0.15, 0.2) is 30.7 Å². The molecule has 0 bridgehead atoms. The summed E-state index contributed by atoms with van der Waals surface area (Å²) in [6.07, 6.45) is 8.29. The third-order valence-corrected chi connectivity index (χ3v) is 11.9. The summed E-state index contributed by atoms with van der Waals surface area (Å²) in [4.78, 5) is 4.72. The van der Waals surface area contributed by atoms with E-state index >= 15 is 0 Å². The average Bonchev–Trinajstić information content (AvgIpc) is 3.45. The zero-order valence-electron chi connectivity index (χ0n) is 23.4. The summed E-state index contributed by atoms with van der Waals surface area (Å²) in [6.45, 7) is 15.9. The van der Waals surface area contributed by atoms with Crippen LogP contribution in [0.25, 0.3) is 22.3 Å². The van der Waals surface area contributed by atoms with Crippen LogP contribution in [0.1, 0.15) is 66.0 Å². The second kappa shape index (κ2) is 11.7. The summed E-state index contributed by atoms with van der Waals surface area (Å²) in [6, 6.07) is 6.32. The highest BCUT2D eigenvalue weighted by Crippen LogP contribution is 2.39. The number of hydrogen-bond acceptors (Lipinski definition) is 6. The second-order valence-electron chi connectivity index (χ2n) is 11.8. The fraction of sp³-hybridized carbons (Fsp3) is 0.643. The van der Waals surface area contributed by atoms with E-state index in [0.29, 0.717) is 19.6 Å². The van der Waals surface area contributed by atoms with Gasteiger partial charge < -0.3 is 23.6 Å². The van der Waals surface area contributed by atoms with E-state index in [4.69, 9.17) is 24.0 Å². The van der Waals surface area contributed by atoms with E-state index in [-0.39, 0.29) is 17.4 Å². The van der Waals surface area contributed by atoms with Gasteiger partial charge in [-0.2, -0.15) is 5.10 Å². The molecule has 9 heteroatoms. The number of aryl methyl sites for hydroxylation is 1. The lowest BCUT2D eigenvalue weighted by molar-refractivity contribution is -0.0365. The third kappa shape index (κ3) is 6.82. The molecule has 1 saturated heterocycles. The largest absolute Gasteiger partial charge is 0.543 e. The summed E-state index contributed by atoms with van der Waals surface area (Å²) in [5.74, 6) is 0.887. The van der Waals surface area contributed by atoms with E-state index in [1.165, 1.54) is 0 Å². The van der Waals surface area contributed by atoms with Crippen LogP contribution in [0.2, 0.25) is 18.1 Å². The van der Waals surface area contributed by atoms with E-state index in [1.807, 2.05) is 11.0 Å². The van der Waals surface area contributed by atoms with Gasteiger partial charge in [0, 0.05) is 37.9 Å². The minimum Gasteiger partial charge on any atom is -0.543 e. The molecule has 1 aliphatic rings. The Kier molecular flexibility index (Phi) is 8.78. The fourth-order valence-corrected chi connectivity index (χ4v) is 5.29. The number of aromatic nitrogens is 4. The van der Waals surface area contributed by atoms with Crippen molar-refractivity contribution in [1.29, 1.82) is 0 Å². The van der Waals surface area contributed by atoms with Crippen LogP contribution in [0.4, 0.5) is 0 Å². The monoisotopic (exact) mass is 528 g/mol. The van der Waals surface area contributed by atoms with Crippen LogP contribution in [-0.2, 0) is 16.0 Å². The van der Waals surface area contributed by atoms with Crippen molar-refractivity contribution in [1.82, 2.24) is 19.3 Å². The first-order valence-electron chi connectivity index (χ1n) is 13.7. The SMILES string of the molecule is CC(O)CCOCCCn1cnc(-c2nn(C3CCCCO3)c3ccc(O[Si](C)(C)C(C)(C)C)cc23)c1. The molecule has 0 spiro atoms. The van der Waals surface area contributed by atoms with Crippen molar-refractivity contribution in [2.75, 3.05) is 19.8 Å². The minimum absolute atomic E-state index is 0.0574. The first kappa shape index (κ1) is 27.8. The molecule has 2 atom stereocenters. The quantitative estimate of drug-likeness (QED) is 0.237. The maximum atomic E-state index is 9.35. The maximum Gasteiger partial charge on any atom is 0.250 e. The Balaban J connectivity index is 1.58. The summed E-state index contributed by atoms with van der Waals surface area (Å²) in [7, 11) is -1.98. The number of benzene rings is 1. The molecule has 4 rings (SSSR count). The van der Waals surface area contributed by atoms with Crippen molar-refractivity contribution in [3.63, 3.8) is 0 Å². The maximum absolute atomic E-state index is 9.35. The molecule has 1 N–H and O–H groups in total. The van der Waals surface area contributed by atoms with Crippen molar-refractivity contribution < 1.29 is 19.0 Å². The van der Waals surface area contributed by atoms with Gasteiger partial charge in [-0.05, 0) is 75.4 Å². The van der Waals surface area contributed by atoms with E-state index in [1.54, 1.807) is 6.92 Å². The molecule has 0 amide bonds. The molecule has 1 aliphatic heterocycles. The lowest BCUT2D eigenvalue weighted by atomic mass is 10.1. The van der Waals surface area contributed by atoms with Gasteiger partial charge in [-0.1, -0.05) is 20.8 Å². The molecule has 0 saturated carbocycles. The van der Waals surface area contributed by atoms with Crippen LogP contribution in [0.3, 0.4) is 0 Å². The first-order chi connectivity index (χ1) is 17.5. The molecule has 2 unspecified atom stereocenters. The molecule has 8 nitrogen and oxygen atoms in total. The highest BCUT2D eigenvalue weighted by atomic mass is 28.4. The number of rotatable bonds is 11. The molecule has 204 valence electrons. The lowest BCUT2D eigenvalue weighted by Crippen LogP contribution is -2.43. The van der Waals surface area contributed by atoms with Crippen molar-refractivity contribution in [3.8, 4) is 17.1 Å². The Morgan fingerprint density at radius 2 is 2.03 bits per heavy atom. The first-order valence-corrected chi connectivity index (χ1v) is 16.6. The van der Waals surface area contributed by atoms with Gasteiger partial charge in [0.2, 0.25) is 8.32 Å². The van der Waals surface area contributed by atoms with Crippen LogP contribution in [-0.4, -0.2) is 58.7 Å². The molecular formula is C28H44N4O4Si. The van der Waals surface area contributed by atoms with Crippen LogP contribution < -0.4 is 4.43 Å². The van der Waals surface area contributed by atoms with Crippen molar-refractivity contribution >= 4 is 19.2 Å². The zero-order valence-corrected chi connectivity index (χ0v) is 24.4. The normalized spacial score (nSPS) is 17.9. The smallest absolute Gasteiger partial charge is 0.250 e. The second-order valence-corrected chi connectivity index (χ2v) is 16.5. The van der Waals surface area contributed by atoms with Crippen LogP contribution in [0, 0.1) is 0 Å². The van der Waals surface area contributed by atoms with E-state index in [9.17, 15) is 5.11 Å². The standard InChI is InChI=1S/C28H44N4O4Si/c1-21(33)13-17-34-15-9-14-31-19-24(29-20-31)27-23-18-22(36-37(5,6)28(2,3)4)11-12-25(23)32(30-27)26-10-7-8-16-35-26/h11-12,18-21,26,33H,7-10,13-17H2,1-6H3. The van der Waals surface area contributed by atoms with Crippen LogP contribution in [0.5, 0.6) is 5.75 Å². The minimum atomic E-state index is -1.98. The number of aliphatic hydroxyl groups excluding tert-OH is 1. The molecule has 1 fully saturated rings. The Morgan fingerprint density at radius 1 is 1.22 bits per heavy atom. The molecule has 37 heavy (non-hydrogen) atoms. The summed E-state index contributed by atoms with van der Waals surface area (Å²) in [5, 5.41) is 15.5. The Morgan fingerprint density at radius 3 is 2.73 bits per heavy atom. The third-order valence-electron chi connectivity index (χ3n) is 7.55. The highest BCUT2D eigenvalue weighted by Gasteiger charge is 2.39. The topological polar surface area (TPSA) is 83.6 Å². The van der Waals surface area contributed by atoms with Gasteiger partial charge in [0.15, 0.2) is 6.23 Å². The molecular weight excluding hydrogens is 484 g/mol. The number of nitrogens with zero attached hydrogens (tertiary/aromatic N) is 4. The predicted molar refractivity (Wildman–Crippen MR) is 149 cm³/mol. The van der Waals surface area contributed by atoms with Gasteiger partial charge in [0.25, 0.3) is 0 Å². The highest BCUT2D eigenvalue weighted by molar-refractivity contribution is 6.74. The molecule has 3 aromatic rings. The van der Waals surface area contributed by atoms with E-state index in [2.05, 4.69) is 62.8 Å². The number of aliphatic hydroxyl groups is 1. The van der Waals surface area contributed by atoms with Gasteiger partial charge in [-0.3, -0.25) is 0 Å². The molecule has 2 aromatic heterocycles. The fourth-order valence-electron chi connectivity index (χ4n) is 4.27. The molecule has 1 aromatic carbocycles. The Hall–Kier alpha value is -2.20. The number of ether oxygens (including phenoxy) is 2. The zero-order chi connectivity index (χ0) is 26.6. The molecule has 0 aliphatic carbocycles. The Labute approximate surface area is 222 Å². The number of fused-ring (bicyclic) bond motifs is 1. The molecule has 3 heterocycles. The summed E-state index contributed by atoms with van der Waals surface area (Å²) < 4.78 is 22.5. The predicted octanol–water partition coefficient (Wildman–Crippen LogP) is 6.16. The van der Waals surface area contributed by atoms with Crippen molar-refractivity contribution in [3.05, 3.63) is 30.7 Å². The van der Waals surface area contributed by atoms with E-state index < -0.39 is 8.32 Å². The van der Waals surface area contributed by atoms with Gasteiger partial charge in [-0.15, -0.1) is 0 Å².